The standard InChI is InChI=1S/C16H16ClN3O2/c1-11-9-14(17)3-4-15(11)22-10-16(21)20-19-12(2)13-5-7-18-8-6-13/h3-9H,10H2,1-2H3,(H,20,21)/b19-12+. The highest BCUT2D eigenvalue weighted by molar-refractivity contribution is 6.30. The van der Waals surface area contributed by atoms with Crippen molar-refractivity contribution in [2.24, 2.45) is 5.10 Å². The summed E-state index contributed by atoms with van der Waals surface area (Å²) in [5, 5.41) is 4.66. The highest BCUT2D eigenvalue weighted by atomic mass is 35.5. The molecule has 114 valence electrons. The molecule has 1 aromatic carbocycles. The number of hydrogen-bond acceptors (Lipinski definition) is 4. The first-order valence-electron chi connectivity index (χ1n) is 6.69. The average molecular weight is 318 g/mol. The van der Waals surface area contributed by atoms with E-state index in [2.05, 4.69) is 15.5 Å². The zero-order valence-corrected chi connectivity index (χ0v) is 13.1. The molecule has 0 saturated heterocycles. The molecule has 0 aliphatic heterocycles. The third-order valence-corrected chi connectivity index (χ3v) is 3.18. The molecule has 0 radical (unpaired) electrons. The monoisotopic (exact) mass is 317 g/mol. The number of carbonyl (C=O) groups is 1. The number of ether oxygens (including phenoxy) is 1. The number of halogens is 1. The number of carbonyl (C=O) groups excluding carboxylic acids is 1. The van der Waals surface area contributed by atoms with Gasteiger partial charge in [0.25, 0.3) is 5.91 Å². The number of amides is 1. The van der Waals surface area contributed by atoms with Crippen molar-refractivity contribution in [3.8, 4) is 5.75 Å². The summed E-state index contributed by atoms with van der Waals surface area (Å²) in [5.41, 5.74) is 4.92. The Kier molecular flexibility index (Phi) is 5.49. The van der Waals surface area contributed by atoms with Crippen LogP contribution in [-0.2, 0) is 4.79 Å². The zero-order valence-electron chi connectivity index (χ0n) is 12.3. The third kappa shape index (κ3) is 4.56. The van der Waals surface area contributed by atoms with Gasteiger partial charge < -0.3 is 4.74 Å². The zero-order chi connectivity index (χ0) is 15.9. The van der Waals surface area contributed by atoms with Crippen LogP contribution in [0.25, 0.3) is 0 Å². The molecule has 0 aliphatic carbocycles. The van der Waals surface area contributed by atoms with Crippen molar-refractivity contribution < 1.29 is 9.53 Å². The number of aryl methyl sites for hydroxylation is 1. The lowest BCUT2D eigenvalue weighted by Crippen LogP contribution is -2.25. The molecule has 2 rings (SSSR count). The fourth-order valence-corrected chi connectivity index (χ4v) is 1.98. The second-order valence-corrected chi connectivity index (χ2v) is 5.10. The van der Waals surface area contributed by atoms with Crippen LogP contribution in [0, 0.1) is 6.92 Å². The van der Waals surface area contributed by atoms with Crippen LogP contribution in [0.1, 0.15) is 18.1 Å². The molecule has 1 amide bonds. The van der Waals surface area contributed by atoms with Crippen LogP contribution in [-0.4, -0.2) is 23.2 Å². The highest BCUT2D eigenvalue weighted by Crippen LogP contribution is 2.21. The Balaban J connectivity index is 1.88. The molecule has 0 bridgehead atoms. The van der Waals surface area contributed by atoms with Crippen molar-refractivity contribution in [1.82, 2.24) is 10.4 Å². The number of hydrazone groups is 1. The van der Waals surface area contributed by atoms with Gasteiger partial charge in [0.1, 0.15) is 5.75 Å². The first-order chi connectivity index (χ1) is 10.6. The molecule has 0 atom stereocenters. The molecular weight excluding hydrogens is 302 g/mol. The maximum atomic E-state index is 11.7. The molecular formula is C16H16ClN3O2. The van der Waals surface area contributed by atoms with E-state index in [0.717, 1.165) is 11.1 Å². The molecule has 0 spiro atoms. The van der Waals surface area contributed by atoms with E-state index in [1.54, 1.807) is 37.5 Å². The van der Waals surface area contributed by atoms with Crippen LogP contribution < -0.4 is 10.2 Å². The van der Waals surface area contributed by atoms with Gasteiger partial charge in [0.2, 0.25) is 0 Å². The van der Waals surface area contributed by atoms with Crippen molar-refractivity contribution in [1.29, 1.82) is 0 Å². The summed E-state index contributed by atoms with van der Waals surface area (Å²) >= 11 is 5.87. The number of hydrogen-bond donors (Lipinski definition) is 1. The normalized spacial score (nSPS) is 11.1. The summed E-state index contributed by atoms with van der Waals surface area (Å²) in [6.07, 6.45) is 3.34. The summed E-state index contributed by atoms with van der Waals surface area (Å²) < 4.78 is 5.44. The summed E-state index contributed by atoms with van der Waals surface area (Å²) in [4.78, 5) is 15.7. The lowest BCUT2D eigenvalue weighted by Gasteiger charge is -2.08. The van der Waals surface area contributed by atoms with Crippen LogP contribution in [0.15, 0.2) is 47.8 Å². The molecule has 0 saturated carbocycles. The number of nitrogens with zero attached hydrogens (tertiary/aromatic N) is 2. The lowest BCUT2D eigenvalue weighted by atomic mass is 10.2. The van der Waals surface area contributed by atoms with E-state index >= 15 is 0 Å². The molecule has 5 nitrogen and oxygen atoms in total. The molecule has 1 N–H and O–H groups in total. The van der Waals surface area contributed by atoms with Gasteiger partial charge in [-0.1, -0.05) is 11.6 Å². The maximum absolute atomic E-state index is 11.7. The second-order valence-electron chi connectivity index (χ2n) is 4.67. The summed E-state index contributed by atoms with van der Waals surface area (Å²) in [7, 11) is 0. The van der Waals surface area contributed by atoms with E-state index in [1.807, 2.05) is 19.1 Å². The molecule has 0 unspecified atom stereocenters. The predicted molar refractivity (Wildman–Crippen MR) is 86.3 cm³/mol. The van der Waals surface area contributed by atoms with E-state index in [9.17, 15) is 4.79 Å². The lowest BCUT2D eigenvalue weighted by molar-refractivity contribution is -0.123. The minimum atomic E-state index is -0.331. The van der Waals surface area contributed by atoms with Gasteiger partial charge >= 0.3 is 0 Å². The third-order valence-electron chi connectivity index (χ3n) is 2.94. The van der Waals surface area contributed by atoms with Gasteiger partial charge in [0, 0.05) is 23.0 Å². The molecule has 22 heavy (non-hydrogen) atoms. The van der Waals surface area contributed by atoms with Crippen LogP contribution in [0.3, 0.4) is 0 Å². The van der Waals surface area contributed by atoms with E-state index in [-0.39, 0.29) is 12.5 Å². The fraction of sp³-hybridized carbons (Fsp3) is 0.188. The minimum absolute atomic E-state index is 0.115. The summed E-state index contributed by atoms with van der Waals surface area (Å²) in [6, 6.07) is 8.86. The van der Waals surface area contributed by atoms with Crippen LogP contribution >= 0.6 is 11.6 Å². The number of pyridine rings is 1. The maximum Gasteiger partial charge on any atom is 0.277 e. The molecule has 1 heterocycles. The second kappa shape index (κ2) is 7.56. The first kappa shape index (κ1) is 16.0. The number of nitrogens with one attached hydrogen (secondary N) is 1. The summed E-state index contributed by atoms with van der Waals surface area (Å²) in [5.74, 6) is 0.289. The molecule has 6 heteroatoms. The van der Waals surface area contributed by atoms with E-state index in [0.29, 0.717) is 16.5 Å². The van der Waals surface area contributed by atoms with Crippen LogP contribution in [0.2, 0.25) is 5.02 Å². The van der Waals surface area contributed by atoms with Gasteiger partial charge in [-0.15, -0.1) is 0 Å². The molecule has 0 aliphatic rings. The van der Waals surface area contributed by atoms with Gasteiger partial charge in [-0.3, -0.25) is 9.78 Å². The summed E-state index contributed by atoms with van der Waals surface area (Å²) in [6.45, 7) is 3.56. The van der Waals surface area contributed by atoms with Crippen molar-refractivity contribution >= 4 is 23.2 Å². The van der Waals surface area contributed by atoms with Crippen molar-refractivity contribution in [2.45, 2.75) is 13.8 Å². The number of rotatable bonds is 5. The smallest absolute Gasteiger partial charge is 0.277 e. The SMILES string of the molecule is C/C(=N\NC(=O)COc1ccc(Cl)cc1C)c1ccncc1. The van der Waals surface area contributed by atoms with Gasteiger partial charge in [-0.25, -0.2) is 5.43 Å². The Hall–Kier alpha value is -2.40. The number of benzene rings is 1. The van der Waals surface area contributed by atoms with Gasteiger partial charge in [-0.2, -0.15) is 5.10 Å². The predicted octanol–water partition coefficient (Wildman–Crippen LogP) is 2.96. The Labute approximate surface area is 134 Å². The molecule has 0 fully saturated rings. The van der Waals surface area contributed by atoms with Crippen LogP contribution in [0.4, 0.5) is 0 Å². The highest BCUT2D eigenvalue weighted by Gasteiger charge is 2.05. The Morgan fingerprint density at radius 2 is 2.05 bits per heavy atom. The van der Waals surface area contributed by atoms with Crippen molar-refractivity contribution in [3.63, 3.8) is 0 Å². The quantitative estimate of drug-likeness (QED) is 0.681. The van der Waals surface area contributed by atoms with Gasteiger partial charge in [0.05, 0.1) is 5.71 Å². The van der Waals surface area contributed by atoms with E-state index in [1.165, 1.54) is 0 Å². The van der Waals surface area contributed by atoms with Crippen molar-refractivity contribution in [3.05, 3.63) is 58.9 Å². The minimum Gasteiger partial charge on any atom is -0.483 e. The Bertz CT molecular complexity index is 687. The van der Waals surface area contributed by atoms with E-state index < -0.39 is 0 Å². The van der Waals surface area contributed by atoms with Crippen molar-refractivity contribution in [2.75, 3.05) is 6.61 Å². The fourth-order valence-electron chi connectivity index (χ4n) is 1.75. The van der Waals surface area contributed by atoms with Crippen LogP contribution in [0.5, 0.6) is 5.75 Å². The van der Waals surface area contributed by atoms with Gasteiger partial charge in [0.15, 0.2) is 6.61 Å². The Morgan fingerprint density at radius 1 is 1.32 bits per heavy atom. The first-order valence-corrected chi connectivity index (χ1v) is 7.06. The molecule has 2 aromatic rings. The van der Waals surface area contributed by atoms with Gasteiger partial charge in [-0.05, 0) is 49.7 Å². The molecule has 1 aromatic heterocycles. The largest absolute Gasteiger partial charge is 0.483 e. The Morgan fingerprint density at radius 3 is 2.73 bits per heavy atom. The number of aromatic nitrogens is 1. The topological polar surface area (TPSA) is 63.6 Å². The van der Waals surface area contributed by atoms with E-state index in [4.69, 9.17) is 16.3 Å². The average Bonchev–Trinajstić information content (AvgIpc) is 2.52.